The van der Waals surface area contributed by atoms with Gasteiger partial charge in [0.15, 0.2) is 0 Å². The van der Waals surface area contributed by atoms with Crippen LogP contribution < -0.4 is 0 Å². The second-order valence-electron chi connectivity index (χ2n) is 3.53. The van der Waals surface area contributed by atoms with E-state index in [-0.39, 0.29) is 6.04 Å². The SMILES string of the molecule is CCCN(CCC)[C@@H](C)C(=O)CC. The molecule has 0 saturated heterocycles. The molecule has 0 N–H and O–H groups in total. The van der Waals surface area contributed by atoms with Crippen molar-refractivity contribution in [2.45, 2.75) is 53.0 Å². The molecule has 0 saturated carbocycles. The molecule has 1 atom stereocenters. The van der Waals surface area contributed by atoms with Gasteiger partial charge in [0.2, 0.25) is 0 Å². The molecular weight excluding hydrogens is 162 g/mol. The van der Waals surface area contributed by atoms with E-state index in [0.717, 1.165) is 25.9 Å². The van der Waals surface area contributed by atoms with Gasteiger partial charge in [-0.1, -0.05) is 20.8 Å². The summed E-state index contributed by atoms with van der Waals surface area (Å²) in [5, 5.41) is 0. The number of nitrogens with zero attached hydrogens (tertiary/aromatic N) is 1. The van der Waals surface area contributed by atoms with Crippen LogP contribution in [0.2, 0.25) is 0 Å². The number of carbonyl (C=O) groups excluding carboxylic acids is 1. The van der Waals surface area contributed by atoms with Crippen molar-refractivity contribution < 1.29 is 4.79 Å². The molecule has 0 radical (unpaired) electrons. The minimum atomic E-state index is 0.116. The van der Waals surface area contributed by atoms with Crippen LogP contribution >= 0.6 is 0 Å². The van der Waals surface area contributed by atoms with E-state index in [2.05, 4.69) is 18.7 Å². The van der Waals surface area contributed by atoms with Crippen molar-refractivity contribution in [3.63, 3.8) is 0 Å². The van der Waals surface area contributed by atoms with Crippen LogP contribution in [0.5, 0.6) is 0 Å². The molecule has 0 fully saturated rings. The van der Waals surface area contributed by atoms with E-state index in [4.69, 9.17) is 0 Å². The number of Topliss-reactive ketones (excluding diaryl/α,β-unsaturated/α-hetero) is 1. The maximum atomic E-state index is 11.5. The number of ketones is 1. The molecule has 0 amide bonds. The molecule has 0 spiro atoms. The lowest BCUT2D eigenvalue weighted by Gasteiger charge is -2.26. The molecule has 2 nitrogen and oxygen atoms in total. The second-order valence-corrected chi connectivity index (χ2v) is 3.53. The summed E-state index contributed by atoms with van der Waals surface area (Å²) in [5.74, 6) is 0.363. The van der Waals surface area contributed by atoms with Crippen LogP contribution in [0.3, 0.4) is 0 Å². The molecule has 0 aromatic heterocycles. The molecule has 0 aliphatic rings. The monoisotopic (exact) mass is 185 g/mol. The van der Waals surface area contributed by atoms with Gasteiger partial charge in [-0.15, -0.1) is 0 Å². The Morgan fingerprint density at radius 1 is 1.15 bits per heavy atom. The van der Waals surface area contributed by atoms with Crippen LogP contribution in [-0.2, 0) is 4.79 Å². The van der Waals surface area contributed by atoms with Gasteiger partial charge in [0.25, 0.3) is 0 Å². The Balaban J connectivity index is 4.08. The highest BCUT2D eigenvalue weighted by Crippen LogP contribution is 2.04. The zero-order chi connectivity index (χ0) is 10.3. The van der Waals surface area contributed by atoms with Crippen molar-refractivity contribution in [2.24, 2.45) is 0 Å². The van der Waals surface area contributed by atoms with Crippen LogP contribution in [0.15, 0.2) is 0 Å². The third-order valence-electron chi connectivity index (χ3n) is 2.38. The van der Waals surface area contributed by atoms with Gasteiger partial charge in [-0.2, -0.15) is 0 Å². The summed E-state index contributed by atoms with van der Waals surface area (Å²) in [7, 11) is 0. The average molecular weight is 185 g/mol. The predicted molar refractivity (Wildman–Crippen MR) is 56.9 cm³/mol. The summed E-state index contributed by atoms with van der Waals surface area (Å²) in [6.45, 7) is 10.4. The normalized spacial score (nSPS) is 13.3. The molecule has 0 aliphatic carbocycles. The van der Waals surface area contributed by atoms with Gasteiger partial charge >= 0.3 is 0 Å². The highest BCUT2D eigenvalue weighted by Gasteiger charge is 2.17. The van der Waals surface area contributed by atoms with Crippen molar-refractivity contribution in [3.05, 3.63) is 0 Å². The van der Waals surface area contributed by atoms with Gasteiger partial charge in [-0.25, -0.2) is 0 Å². The fourth-order valence-electron chi connectivity index (χ4n) is 1.57. The van der Waals surface area contributed by atoms with Gasteiger partial charge in [-0.3, -0.25) is 9.69 Å². The maximum Gasteiger partial charge on any atom is 0.149 e. The summed E-state index contributed by atoms with van der Waals surface area (Å²) < 4.78 is 0. The van der Waals surface area contributed by atoms with Crippen LogP contribution in [0.25, 0.3) is 0 Å². The lowest BCUT2D eigenvalue weighted by atomic mass is 10.1. The fraction of sp³-hybridized carbons (Fsp3) is 0.909. The highest BCUT2D eigenvalue weighted by atomic mass is 16.1. The standard InChI is InChI=1S/C11H23NO/c1-5-8-12(9-6-2)10(4)11(13)7-3/h10H,5-9H2,1-4H3/t10-/m0/s1. The quantitative estimate of drug-likeness (QED) is 0.607. The first-order chi connectivity index (χ1) is 6.17. The van der Waals surface area contributed by atoms with Crippen molar-refractivity contribution in [3.8, 4) is 0 Å². The third kappa shape index (κ3) is 4.41. The lowest BCUT2D eigenvalue weighted by Crippen LogP contribution is -2.39. The van der Waals surface area contributed by atoms with Gasteiger partial charge in [0.1, 0.15) is 5.78 Å². The number of hydrogen-bond acceptors (Lipinski definition) is 2. The zero-order valence-corrected chi connectivity index (χ0v) is 9.47. The fourth-order valence-corrected chi connectivity index (χ4v) is 1.57. The van der Waals surface area contributed by atoms with Gasteiger partial charge < -0.3 is 0 Å². The molecule has 0 aromatic carbocycles. The smallest absolute Gasteiger partial charge is 0.149 e. The van der Waals surface area contributed by atoms with E-state index in [1.165, 1.54) is 0 Å². The summed E-state index contributed by atoms with van der Waals surface area (Å²) in [6, 6.07) is 0.116. The topological polar surface area (TPSA) is 20.3 Å². The molecule has 0 bridgehead atoms. The van der Waals surface area contributed by atoms with E-state index >= 15 is 0 Å². The van der Waals surface area contributed by atoms with Gasteiger partial charge in [0.05, 0.1) is 6.04 Å². The van der Waals surface area contributed by atoms with Crippen molar-refractivity contribution in [1.29, 1.82) is 0 Å². The van der Waals surface area contributed by atoms with Crippen molar-refractivity contribution in [1.82, 2.24) is 4.90 Å². The molecule has 0 aromatic rings. The molecule has 0 aliphatic heterocycles. The lowest BCUT2D eigenvalue weighted by molar-refractivity contribution is -0.123. The second kappa shape index (κ2) is 7.07. The van der Waals surface area contributed by atoms with Crippen LogP contribution in [0.4, 0.5) is 0 Å². The summed E-state index contributed by atoms with van der Waals surface area (Å²) in [4.78, 5) is 13.7. The predicted octanol–water partition coefficient (Wildman–Crippen LogP) is 2.48. The first kappa shape index (κ1) is 12.6. The number of rotatable bonds is 7. The highest BCUT2D eigenvalue weighted by molar-refractivity contribution is 5.83. The molecule has 2 heteroatoms. The van der Waals surface area contributed by atoms with Crippen molar-refractivity contribution in [2.75, 3.05) is 13.1 Å². The van der Waals surface area contributed by atoms with Crippen LogP contribution in [0.1, 0.15) is 47.0 Å². The molecular formula is C11H23NO. The summed E-state index contributed by atoms with van der Waals surface area (Å²) in [6.07, 6.45) is 2.91. The van der Waals surface area contributed by atoms with Crippen LogP contribution in [-0.4, -0.2) is 29.8 Å². The Morgan fingerprint density at radius 3 is 1.92 bits per heavy atom. The van der Waals surface area contributed by atoms with Crippen LogP contribution in [0, 0.1) is 0 Å². The Kier molecular flexibility index (Phi) is 6.87. The number of hydrogen-bond donors (Lipinski definition) is 0. The molecule has 0 rings (SSSR count). The zero-order valence-electron chi connectivity index (χ0n) is 9.47. The van der Waals surface area contributed by atoms with Crippen molar-refractivity contribution >= 4 is 5.78 Å². The number of carbonyl (C=O) groups is 1. The molecule has 0 unspecified atom stereocenters. The van der Waals surface area contributed by atoms with E-state index < -0.39 is 0 Å². The minimum Gasteiger partial charge on any atom is -0.298 e. The first-order valence-electron chi connectivity index (χ1n) is 5.44. The van der Waals surface area contributed by atoms with E-state index in [0.29, 0.717) is 12.2 Å². The molecule has 13 heavy (non-hydrogen) atoms. The Labute approximate surface area is 82.3 Å². The van der Waals surface area contributed by atoms with E-state index in [9.17, 15) is 4.79 Å². The van der Waals surface area contributed by atoms with Gasteiger partial charge in [0, 0.05) is 6.42 Å². The Hall–Kier alpha value is -0.370. The minimum absolute atomic E-state index is 0.116. The van der Waals surface area contributed by atoms with E-state index in [1.54, 1.807) is 0 Å². The largest absolute Gasteiger partial charge is 0.298 e. The average Bonchev–Trinajstić information content (AvgIpc) is 2.15. The molecule has 0 heterocycles. The third-order valence-corrected chi connectivity index (χ3v) is 2.38. The van der Waals surface area contributed by atoms with E-state index in [1.807, 2.05) is 13.8 Å². The Bertz CT molecular complexity index is 139. The Morgan fingerprint density at radius 2 is 1.62 bits per heavy atom. The first-order valence-corrected chi connectivity index (χ1v) is 5.44. The molecule has 78 valence electrons. The summed E-state index contributed by atoms with van der Waals surface area (Å²) >= 11 is 0. The van der Waals surface area contributed by atoms with Gasteiger partial charge in [-0.05, 0) is 32.9 Å². The summed E-state index contributed by atoms with van der Waals surface area (Å²) in [5.41, 5.74) is 0. The maximum absolute atomic E-state index is 11.5.